The van der Waals surface area contributed by atoms with Crippen molar-refractivity contribution in [2.24, 2.45) is 0 Å². The van der Waals surface area contributed by atoms with Crippen LogP contribution in [0.2, 0.25) is 0 Å². The number of hydrogen-bond acceptors (Lipinski definition) is 8. The lowest BCUT2D eigenvalue weighted by molar-refractivity contribution is -0.0693. The molecule has 0 bridgehead atoms. The molecule has 0 saturated carbocycles. The summed E-state index contributed by atoms with van der Waals surface area (Å²) in [6, 6.07) is 5.32. The van der Waals surface area contributed by atoms with Gasteiger partial charge >= 0.3 is 7.82 Å². The third-order valence-corrected chi connectivity index (χ3v) is 4.87. The van der Waals surface area contributed by atoms with Gasteiger partial charge < -0.3 is 26.6 Å². The van der Waals surface area contributed by atoms with E-state index in [1.54, 1.807) is 24.4 Å². The zero-order valence-electron chi connectivity index (χ0n) is 12.0. The molecular formula is C12H17N4O6P. The van der Waals surface area contributed by atoms with E-state index in [1.807, 2.05) is 0 Å². The molecule has 3 heterocycles. The average molecular weight is 344 g/mol. The van der Waals surface area contributed by atoms with Gasteiger partial charge in [-0.1, -0.05) is 6.07 Å². The molecule has 4 rings (SSSR count). The van der Waals surface area contributed by atoms with E-state index in [1.165, 1.54) is 4.68 Å². The average Bonchev–Trinajstić information content (AvgIpc) is 3.01. The maximum atomic E-state index is 11.5. The van der Waals surface area contributed by atoms with E-state index in [4.69, 9.17) is 19.5 Å². The molecule has 0 amide bonds. The molecule has 5 atom stereocenters. The number of fused-ring (bicyclic) bond motifs is 2. The highest BCUT2D eigenvalue weighted by molar-refractivity contribution is 7.47. The number of nitrogens with two attached hydrogens (primary N) is 1. The Morgan fingerprint density at radius 3 is 3.00 bits per heavy atom. The maximum absolute atomic E-state index is 11.5. The summed E-state index contributed by atoms with van der Waals surface area (Å²) in [6.45, 7) is -0.132. The van der Waals surface area contributed by atoms with E-state index in [0.717, 1.165) is 5.39 Å². The van der Waals surface area contributed by atoms with Gasteiger partial charge in [-0.25, -0.2) is 9.25 Å². The van der Waals surface area contributed by atoms with Gasteiger partial charge in [0.05, 0.1) is 18.3 Å². The minimum absolute atomic E-state index is 0. The van der Waals surface area contributed by atoms with Crippen LogP contribution in [0.25, 0.3) is 10.9 Å². The lowest BCUT2D eigenvalue weighted by atomic mass is 10.1. The van der Waals surface area contributed by atoms with Crippen molar-refractivity contribution in [1.82, 2.24) is 15.9 Å². The predicted octanol–water partition coefficient (Wildman–Crippen LogP) is 0.555. The Balaban J connectivity index is 0.00000156. The van der Waals surface area contributed by atoms with Crippen LogP contribution >= 0.6 is 7.82 Å². The molecule has 0 aliphatic carbocycles. The molecule has 0 radical (unpaired) electrons. The summed E-state index contributed by atoms with van der Waals surface area (Å²) in [4.78, 5) is 9.37. The van der Waals surface area contributed by atoms with E-state index in [-0.39, 0.29) is 12.8 Å². The van der Waals surface area contributed by atoms with Crippen LogP contribution in [-0.2, 0) is 18.3 Å². The van der Waals surface area contributed by atoms with Gasteiger partial charge in [-0.05, 0) is 12.1 Å². The standard InChI is InChI=1S/C12H14N3O6P.H3N/c13-7-2-1-3-8-6(7)4-14-15(8)12-10(16)11-9(20-12)5-19-22(17,18)21-11;/h1-4,9-12,16H,5,13H2,(H,17,18);1H3/t9?,10?,11-,12?;/m1./s1. The number of aliphatic hydroxyl groups is 1. The highest BCUT2D eigenvalue weighted by Crippen LogP contribution is 2.52. The number of ether oxygens (including phenoxy) is 1. The number of anilines is 1. The highest BCUT2D eigenvalue weighted by Gasteiger charge is 2.52. The van der Waals surface area contributed by atoms with Crippen molar-refractivity contribution in [2.45, 2.75) is 24.5 Å². The van der Waals surface area contributed by atoms with Crippen molar-refractivity contribution in [1.29, 1.82) is 0 Å². The third-order valence-electron chi connectivity index (χ3n) is 3.88. The Kier molecular flexibility index (Phi) is 3.93. The number of aromatic nitrogens is 2. The number of phosphoric acid groups is 1. The van der Waals surface area contributed by atoms with Crippen LogP contribution in [0.15, 0.2) is 24.4 Å². The van der Waals surface area contributed by atoms with Crippen LogP contribution in [-0.4, -0.2) is 44.7 Å². The summed E-state index contributed by atoms with van der Waals surface area (Å²) in [6.07, 6.45) is -2.02. The summed E-state index contributed by atoms with van der Waals surface area (Å²) in [7, 11) is -4.14. The quantitative estimate of drug-likeness (QED) is 0.427. The fourth-order valence-corrected chi connectivity index (χ4v) is 3.80. The normalized spacial score (nSPS) is 36.6. The molecule has 126 valence electrons. The Morgan fingerprint density at radius 2 is 2.22 bits per heavy atom. The molecule has 2 aliphatic rings. The molecule has 1 aromatic carbocycles. The van der Waals surface area contributed by atoms with Crippen molar-refractivity contribution in [3.63, 3.8) is 0 Å². The van der Waals surface area contributed by atoms with Crippen molar-refractivity contribution >= 4 is 24.4 Å². The van der Waals surface area contributed by atoms with E-state index in [2.05, 4.69) is 5.10 Å². The number of phosphoric ester groups is 1. The summed E-state index contributed by atoms with van der Waals surface area (Å²) in [5.41, 5.74) is 7.14. The first kappa shape index (κ1) is 16.3. The topological polar surface area (TPSA) is 164 Å². The summed E-state index contributed by atoms with van der Waals surface area (Å²) in [5, 5.41) is 15.3. The minimum atomic E-state index is -4.14. The van der Waals surface area contributed by atoms with Crippen molar-refractivity contribution in [3.8, 4) is 0 Å². The van der Waals surface area contributed by atoms with Crippen LogP contribution in [0.3, 0.4) is 0 Å². The number of benzene rings is 1. The second-order valence-electron chi connectivity index (χ2n) is 5.26. The van der Waals surface area contributed by atoms with Crippen LogP contribution in [0.1, 0.15) is 6.23 Å². The first-order valence-corrected chi connectivity index (χ1v) is 8.17. The SMILES string of the molecule is N.Nc1cccc2c1cnn2C1OC2COP(=O)(O)O[C@H]2C1O. The van der Waals surface area contributed by atoms with Gasteiger partial charge in [0.25, 0.3) is 0 Å². The fraction of sp³-hybridized carbons (Fsp3) is 0.417. The molecule has 7 N–H and O–H groups in total. The van der Waals surface area contributed by atoms with Gasteiger partial charge in [0.1, 0.15) is 18.3 Å². The van der Waals surface area contributed by atoms with Crippen LogP contribution in [0.5, 0.6) is 0 Å². The Morgan fingerprint density at radius 1 is 1.43 bits per heavy atom. The monoisotopic (exact) mass is 344 g/mol. The molecule has 10 nitrogen and oxygen atoms in total. The smallest absolute Gasteiger partial charge is 0.398 e. The van der Waals surface area contributed by atoms with E-state index < -0.39 is 32.4 Å². The number of rotatable bonds is 1. The van der Waals surface area contributed by atoms with Gasteiger partial charge in [-0.3, -0.25) is 9.05 Å². The zero-order valence-corrected chi connectivity index (χ0v) is 12.9. The Hall–Kier alpha value is -1.52. The lowest BCUT2D eigenvalue weighted by Gasteiger charge is -2.27. The highest BCUT2D eigenvalue weighted by atomic mass is 31.2. The first-order chi connectivity index (χ1) is 10.5. The zero-order chi connectivity index (χ0) is 15.5. The number of hydrogen-bond donors (Lipinski definition) is 4. The van der Waals surface area contributed by atoms with Crippen molar-refractivity contribution in [2.75, 3.05) is 12.3 Å². The Labute approximate surface area is 130 Å². The third kappa shape index (κ3) is 2.54. The summed E-state index contributed by atoms with van der Waals surface area (Å²) < 4.78 is 28.3. The molecule has 0 spiro atoms. The molecule has 1 aromatic heterocycles. The van der Waals surface area contributed by atoms with Crippen LogP contribution in [0, 0.1) is 0 Å². The van der Waals surface area contributed by atoms with Gasteiger partial charge in [-0.15, -0.1) is 0 Å². The molecule has 4 unspecified atom stereocenters. The second kappa shape index (κ2) is 5.53. The number of nitrogens with zero attached hydrogens (tertiary/aromatic N) is 2. The fourth-order valence-electron chi connectivity index (χ4n) is 2.83. The lowest BCUT2D eigenvalue weighted by Crippen LogP contribution is -2.39. The van der Waals surface area contributed by atoms with Gasteiger partial charge in [0.2, 0.25) is 0 Å². The van der Waals surface area contributed by atoms with Gasteiger partial charge in [0.15, 0.2) is 6.23 Å². The van der Waals surface area contributed by atoms with Crippen LogP contribution < -0.4 is 11.9 Å². The summed E-state index contributed by atoms with van der Waals surface area (Å²) in [5.74, 6) is 0. The molecule has 2 saturated heterocycles. The second-order valence-corrected chi connectivity index (χ2v) is 6.67. The molecule has 11 heteroatoms. The molecule has 2 fully saturated rings. The van der Waals surface area contributed by atoms with E-state index in [0.29, 0.717) is 11.2 Å². The van der Waals surface area contributed by atoms with Crippen molar-refractivity contribution in [3.05, 3.63) is 24.4 Å². The first-order valence-electron chi connectivity index (χ1n) is 6.67. The maximum Gasteiger partial charge on any atom is 0.472 e. The minimum Gasteiger partial charge on any atom is -0.398 e. The number of nitrogen functional groups attached to an aromatic ring is 1. The van der Waals surface area contributed by atoms with Gasteiger partial charge in [-0.2, -0.15) is 5.10 Å². The van der Waals surface area contributed by atoms with Crippen LogP contribution in [0.4, 0.5) is 5.69 Å². The summed E-state index contributed by atoms with van der Waals surface area (Å²) >= 11 is 0. The molecular weight excluding hydrogens is 327 g/mol. The Bertz CT molecular complexity index is 782. The van der Waals surface area contributed by atoms with Gasteiger partial charge in [0, 0.05) is 11.1 Å². The molecule has 2 aromatic rings. The van der Waals surface area contributed by atoms with E-state index in [9.17, 15) is 14.6 Å². The number of aliphatic hydroxyl groups excluding tert-OH is 1. The van der Waals surface area contributed by atoms with E-state index >= 15 is 0 Å². The molecule has 2 aliphatic heterocycles. The largest absolute Gasteiger partial charge is 0.472 e. The van der Waals surface area contributed by atoms with Crippen molar-refractivity contribution < 1.29 is 28.3 Å². The predicted molar refractivity (Wildman–Crippen MR) is 79.7 cm³/mol. The molecule has 23 heavy (non-hydrogen) atoms.